The number of aryl methyl sites for hydroxylation is 1. The van der Waals surface area contributed by atoms with Crippen molar-refractivity contribution >= 4 is 27.5 Å². The largest absolute Gasteiger partial charge is 0.341 e. The van der Waals surface area contributed by atoms with Gasteiger partial charge in [0.2, 0.25) is 5.91 Å². The number of carbonyl (C=O) groups is 1. The highest BCUT2D eigenvalue weighted by molar-refractivity contribution is 7.18. The van der Waals surface area contributed by atoms with Gasteiger partial charge in [0.15, 0.2) is 4.83 Å². The van der Waals surface area contributed by atoms with Gasteiger partial charge in [-0.05, 0) is 49.5 Å². The van der Waals surface area contributed by atoms with Crippen molar-refractivity contribution < 1.29 is 4.79 Å². The van der Waals surface area contributed by atoms with Crippen molar-refractivity contribution in [3.8, 4) is 0 Å². The van der Waals surface area contributed by atoms with Crippen LogP contribution < -0.4 is 5.56 Å². The topological polar surface area (TPSA) is 68.1 Å². The molecule has 0 bridgehead atoms. The van der Waals surface area contributed by atoms with E-state index in [2.05, 4.69) is 24.2 Å². The van der Waals surface area contributed by atoms with Crippen LogP contribution >= 0.6 is 11.3 Å². The van der Waals surface area contributed by atoms with Gasteiger partial charge < -0.3 is 4.90 Å². The van der Waals surface area contributed by atoms with Crippen LogP contribution in [0.3, 0.4) is 0 Å². The summed E-state index contributed by atoms with van der Waals surface area (Å²) in [6.45, 7) is 6.01. The third-order valence-electron chi connectivity index (χ3n) is 5.61. The Morgan fingerprint density at radius 3 is 2.72 bits per heavy atom. The first-order valence-corrected chi connectivity index (χ1v) is 10.0. The fourth-order valence-corrected chi connectivity index (χ4v) is 5.20. The molecule has 1 aliphatic heterocycles. The van der Waals surface area contributed by atoms with Crippen LogP contribution in [0.5, 0.6) is 0 Å². The first kappa shape index (κ1) is 16.7. The van der Waals surface area contributed by atoms with Crippen LogP contribution in [-0.4, -0.2) is 38.9 Å². The zero-order valence-electron chi connectivity index (χ0n) is 14.8. The van der Waals surface area contributed by atoms with Crippen LogP contribution in [-0.2, 0) is 24.2 Å². The summed E-state index contributed by atoms with van der Waals surface area (Å²) in [7, 11) is 0. The standard InChI is InChI=1S/C18H24N4O2S/c1-11-5-7-21(8-6-11)15(23)10-22-18(24)16-13-4-3-12(2)9-14(13)25-17(16)19-20-22/h11-12H,3-10H2,1-2H3. The van der Waals surface area contributed by atoms with E-state index in [4.69, 9.17) is 0 Å². The molecule has 1 amide bonds. The smallest absolute Gasteiger partial charge is 0.279 e. The molecule has 2 aromatic heterocycles. The maximum absolute atomic E-state index is 12.9. The first-order chi connectivity index (χ1) is 12.0. The minimum atomic E-state index is -0.157. The molecule has 7 heteroatoms. The molecule has 1 aliphatic carbocycles. The molecule has 0 N–H and O–H groups in total. The van der Waals surface area contributed by atoms with Crippen molar-refractivity contribution in [3.05, 3.63) is 20.8 Å². The number of rotatable bonds is 2. The number of amides is 1. The van der Waals surface area contributed by atoms with Gasteiger partial charge in [0.1, 0.15) is 6.54 Å². The second kappa shape index (κ2) is 6.52. The van der Waals surface area contributed by atoms with Gasteiger partial charge in [0, 0.05) is 18.0 Å². The van der Waals surface area contributed by atoms with Crippen LogP contribution in [0.25, 0.3) is 10.2 Å². The fraction of sp³-hybridized carbons (Fsp3) is 0.667. The lowest BCUT2D eigenvalue weighted by molar-refractivity contribution is -0.133. The van der Waals surface area contributed by atoms with Crippen molar-refractivity contribution in [2.75, 3.05) is 13.1 Å². The summed E-state index contributed by atoms with van der Waals surface area (Å²) >= 11 is 1.59. The number of hydrogen-bond donors (Lipinski definition) is 0. The first-order valence-electron chi connectivity index (χ1n) is 9.18. The number of carbonyl (C=O) groups excluding carboxylic acids is 1. The van der Waals surface area contributed by atoms with E-state index in [-0.39, 0.29) is 18.0 Å². The van der Waals surface area contributed by atoms with E-state index in [9.17, 15) is 9.59 Å². The van der Waals surface area contributed by atoms with Crippen molar-refractivity contribution in [3.63, 3.8) is 0 Å². The number of hydrogen-bond acceptors (Lipinski definition) is 5. The van der Waals surface area contributed by atoms with Gasteiger partial charge in [-0.3, -0.25) is 9.59 Å². The van der Waals surface area contributed by atoms with Gasteiger partial charge >= 0.3 is 0 Å². The molecule has 6 nitrogen and oxygen atoms in total. The van der Waals surface area contributed by atoms with Gasteiger partial charge in [-0.2, -0.15) is 0 Å². The molecule has 1 atom stereocenters. The molecule has 1 saturated heterocycles. The van der Waals surface area contributed by atoms with E-state index in [1.54, 1.807) is 11.3 Å². The van der Waals surface area contributed by atoms with Gasteiger partial charge in [-0.15, -0.1) is 16.4 Å². The third-order valence-corrected chi connectivity index (χ3v) is 6.74. The number of aromatic nitrogens is 3. The molecule has 4 rings (SSSR count). The lowest BCUT2D eigenvalue weighted by Crippen LogP contribution is -2.41. The molecular formula is C18H24N4O2S. The summed E-state index contributed by atoms with van der Waals surface area (Å²) in [4.78, 5) is 29.3. The van der Waals surface area contributed by atoms with Crippen LogP contribution in [0.4, 0.5) is 0 Å². The number of piperidine rings is 1. The molecule has 3 heterocycles. The fourth-order valence-electron chi connectivity index (χ4n) is 3.88. The Labute approximate surface area is 150 Å². The average Bonchev–Trinajstić information content (AvgIpc) is 2.96. The van der Waals surface area contributed by atoms with E-state index in [1.165, 1.54) is 9.56 Å². The molecule has 25 heavy (non-hydrogen) atoms. The van der Waals surface area contributed by atoms with Crippen molar-refractivity contribution in [2.24, 2.45) is 11.8 Å². The van der Waals surface area contributed by atoms with Gasteiger partial charge in [0.05, 0.1) is 5.39 Å². The minimum Gasteiger partial charge on any atom is -0.341 e. The Bertz CT molecular complexity index is 864. The van der Waals surface area contributed by atoms with Crippen molar-refractivity contribution in [1.29, 1.82) is 0 Å². The summed E-state index contributed by atoms with van der Waals surface area (Å²) in [5.41, 5.74) is 0.988. The predicted octanol–water partition coefficient (Wildman–Crippen LogP) is 2.24. The van der Waals surface area contributed by atoms with Gasteiger partial charge in [-0.1, -0.05) is 19.1 Å². The molecule has 134 valence electrons. The lowest BCUT2D eigenvalue weighted by Gasteiger charge is -2.30. The highest BCUT2D eigenvalue weighted by Gasteiger charge is 2.25. The Morgan fingerprint density at radius 2 is 1.96 bits per heavy atom. The highest BCUT2D eigenvalue weighted by atomic mass is 32.1. The molecule has 1 unspecified atom stereocenters. The van der Waals surface area contributed by atoms with Crippen LogP contribution in [0.15, 0.2) is 4.79 Å². The maximum atomic E-state index is 12.9. The normalized spacial score (nSPS) is 21.5. The zero-order valence-corrected chi connectivity index (χ0v) is 15.6. The molecule has 0 saturated carbocycles. The zero-order chi connectivity index (χ0) is 17.6. The summed E-state index contributed by atoms with van der Waals surface area (Å²) in [5.74, 6) is 1.29. The summed E-state index contributed by atoms with van der Waals surface area (Å²) in [5, 5.41) is 8.98. The molecule has 0 spiro atoms. The average molecular weight is 360 g/mol. The molecule has 0 radical (unpaired) electrons. The Hall–Kier alpha value is -1.76. The van der Waals surface area contributed by atoms with Gasteiger partial charge in [0.25, 0.3) is 5.56 Å². The second-order valence-electron chi connectivity index (χ2n) is 7.65. The Kier molecular flexibility index (Phi) is 4.35. The summed E-state index contributed by atoms with van der Waals surface area (Å²) in [6, 6.07) is 0. The van der Waals surface area contributed by atoms with E-state index in [0.717, 1.165) is 55.6 Å². The monoisotopic (exact) mass is 360 g/mol. The quantitative estimate of drug-likeness (QED) is 0.824. The van der Waals surface area contributed by atoms with Gasteiger partial charge in [-0.25, -0.2) is 4.68 Å². The number of likely N-dealkylation sites (tertiary alicyclic amines) is 1. The van der Waals surface area contributed by atoms with Crippen LogP contribution in [0, 0.1) is 11.8 Å². The molecule has 1 fully saturated rings. The van der Waals surface area contributed by atoms with E-state index < -0.39 is 0 Å². The predicted molar refractivity (Wildman–Crippen MR) is 97.8 cm³/mol. The SMILES string of the molecule is CC1CCN(C(=O)Cn2nnc3sc4c(c3c2=O)CCC(C)C4)CC1. The third kappa shape index (κ3) is 3.10. The molecular weight excluding hydrogens is 336 g/mol. The summed E-state index contributed by atoms with van der Waals surface area (Å²) in [6.07, 6.45) is 5.10. The van der Waals surface area contributed by atoms with Crippen molar-refractivity contribution in [1.82, 2.24) is 19.9 Å². The lowest BCUT2D eigenvalue weighted by atomic mass is 9.89. The van der Waals surface area contributed by atoms with E-state index in [0.29, 0.717) is 17.2 Å². The highest BCUT2D eigenvalue weighted by Crippen LogP contribution is 2.35. The second-order valence-corrected chi connectivity index (χ2v) is 8.73. The molecule has 2 aliphatic rings. The number of thiophene rings is 1. The summed E-state index contributed by atoms with van der Waals surface area (Å²) < 4.78 is 1.26. The Balaban J connectivity index is 1.61. The number of fused-ring (bicyclic) bond motifs is 3. The van der Waals surface area contributed by atoms with E-state index >= 15 is 0 Å². The van der Waals surface area contributed by atoms with Crippen LogP contribution in [0.1, 0.15) is 43.6 Å². The van der Waals surface area contributed by atoms with Crippen molar-refractivity contribution in [2.45, 2.75) is 52.5 Å². The Morgan fingerprint density at radius 1 is 1.20 bits per heavy atom. The maximum Gasteiger partial charge on any atom is 0.279 e. The number of nitrogens with zero attached hydrogens (tertiary/aromatic N) is 4. The molecule has 2 aromatic rings. The molecule has 0 aromatic carbocycles. The minimum absolute atomic E-state index is 0.00280. The van der Waals surface area contributed by atoms with Crippen LogP contribution in [0.2, 0.25) is 0 Å². The van der Waals surface area contributed by atoms with E-state index in [1.807, 2.05) is 4.90 Å².